The van der Waals surface area contributed by atoms with Gasteiger partial charge in [0.05, 0.1) is 5.02 Å². The van der Waals surface area contributed by atoms with Gasteiger partial charge in [-0.25, -0.2) is 0 Å². The SMILES string of the molecule is Oc1ccc(-c2cc3ccccc3[nH]2)cc1Cl. The molecule has 0 amide bonds. The molecule has 17 heavy (non-hydrogen) atoms. The largest absolute Gasteiger partial charge is 0.506 e. The maximum atomic E-state index is 9.39. The van der Waals surface area contributed by atoms with Gasteiger partial charge in [-0.05, 0) is 35.9 Å². The number of phenolic OH excluding ortho intramolecular Hbond substituents is 1. The number of fused-ring (bicyclic) bond motifs is 1. The van der Waals surface area contributed by atoms with Gasteiger partial charge in [0.25, 0.3) is 0 Å². The molecule has 0 atom stereocenters. The molecule has 1 heterocycles. The van der Waals surface area contributed by atoms with Crippen LogP contribution in [0.5, 0.6) is 5.75 Å². The Morgan fingerprint density at radius 1 is 1.00 bits per heavy atom. The van der Waals surface area contributed by atoms with Crippen LogP contribution in [0.4, 0.5) is 0 Å². The molecule has 2 aromatic carbocycles. The monoisotopic (exact) mass is 243 g/mol. The molecule has 84 valence electrons. The van der Waals surface area contributed by atoms with E-state index in [9.17, 15) is 5.11 Å². The summed E-state index contributed by atoms with van der Waals surface area (Å²) in [4.78, 5) is 3.32. The molecule has 0 saturated carbocycles. The van der Waals surface area contributed by atoms with Crippen LogP contribution >= 0.6 is 11.6 Å². The van der Waals surface area contributed by atoms with Crippen molar-refractivity contribution in [3.05, 3.63) is 53.6 Å². The Morgan fingerprint density at radius 3 is 2.59 bits per heavy atom. The number of hydrogen-bond donors (Lipinski definition) is 2. The van der Waals surface area contributed by atoms with Crippen molar-refractivity contribution in [3.8, 4) is 17.0 Å². The Balaban J connectivity index is 2.17. The Morgan fingerprint density at radius 2 is 1.82 bits per heavy atom. The Bertz CT molecular complexity index is 655. The molecule has 0 bridgehead atoms. The molecular formula is C14H10ClNO. The summed E-state index contributed by atoms with van der Waals surface area (Å²) in [6, 6.07) is 15.3. The smallest absolute Gasteiger partial charge is 0.134 e. The number of halogens is 1. The predicted molar refractivity (Wildman–Crippen MR) is 70.4 cm³/mol. The predicted octanol–water partition coefficient (Wildman–Crippen LogP) is 4.19. The second-order valence-electron chi connectivity index (χ2n) is 3.94. The van der Waals surface area contributed by atoms with Crippen molar-refractivity contribution in [3.63, 3.8) is 0 Å². The van der Waals surface area contributed by atoms with E-state index in [1.165, 1.54) is 0 Å². The molecule has 2 N–H and O–H groups in total. The highest BCUT2D eigenvalue weighted by atomic mass is 35.5. The van der Waals surface area contributed by atoms with E-state index in [0.717, 1.165) is 22.2 Å². The number of nitrogens with one attached hydrogen (secondary N) is 1. The van der Waals surface area contributed by atoms with E-state index >= 15 is 0 Å². The van der Waals surface area contributed by atoms with Gasteiger partial charge in [0.1, 0.15) is 5.75 Å². The van der Waals surface area contributed by atoms with E-state index < -0.39 is 0 Å². The summed E-state index contributed by atoms with van der Waals surface area (Å²) >= 11 is 5.90. The maximum absolute atomic E-state index is 9.39. The van der Waals surface area contributed by atoms with Crippen LogP contribution in [0.25, 0.3) is 22.2 Å². The molecule has 1 aromatic heterocycles. The summed E-state index contributed by atoms with van der Waals surface area (Å²) in [5, 5.41) is 10.9. The Hall–Kier alpha value is -1.93. The number of H-pyrrole nitrogens is 1. The van der Waals surface area contributed by atoms with Gasteiger partial charge in [0.15, 0.2) is 0 Å². The van der Waals surface area contributed by atoms with Crippen LogP contribution in [-0.4, -0.2) is 10.1 Å². The summed E-state index contributed by atoms with van der Waals surface area (Å²) in [6.07, 6.45) is 0. The lowest BCUT2D eigenvalue weighted by Gasteiger charge is -2.00. The summed E-state index contributed by atoms with van der Waals surface area (Å²) < 4.78 is 0. The standard InChI is InChI=1S/C14H10ClNO/c15-11-7-10(5-6-14(11)17)13-8-9-3-1-2-4-12(9)16-13/h1-8,16-17H. The van der Waals surface area contributed by atoms with Crippen molar-refractivity contribution in [2.45, 2.75) is 0 Å². The van der Waals surface area contributed by atoms with Crippen LogP contribution in [0.15, 0.2) is 48.5 Å². The number of para-hydroxylation sites is 1. The fourth-order valence-electron chi connectivity index (χ4n) is 1.90. The summed E-state index contributed by atoms with van der Waals surface area (Å²) in [5.41, 5.74) is 3.05. The van der Waals surface area contributed by atoms with Crippen LogP contribution < -0.4 is 0 Å². The number of aromatic amines is 1. The zero-order chi connectivity index (χ0) is 11.8. The maximum Gasteiger partial charge on any atom is 0.134 e. The normalized spacial score (nSPS) is 10.9. The minimum absolute atomic E-state index is 0.103. The third-order valence-electron chi connectivity index (χ3n) is 2.79. The highest BCUT2D eigenvalue weighted by molar-refractivity contribution is 6.32. The molecule has 0 fully saturated rings. The van der Waals surface area contributed by atoms with Gasteiger partial charge in [-0.15, -0.1) is 0 Å². The minimum atomic E-state index is 0.103. The summed E-state index contributed by atoms with van der Waals surface area (Å²) in [7, 11) is 0. The van der Waals surface area contributed by atoms with Crippen LogP contribution in [0.1, 0.15) is 0 Å². The van der Waals surface area contributed by atoms with E-state index in [-0.39, 0.29) is 5.75 Å². The molecular weight excluding hydrogens is 234 g/mol. The fourth-order valence-corrected chi connectivity index (χ4v) is 2.08. The van der Waals surface area contributed by atoms with Crippen LogP contribution in [0.3, 0.4) is 0 Å². The highest BCUT2D eigenvalue weighted by Gasteiger charge is 2.05. The number of phenols is 1. The van der Waals surface area contributed by atoms with Gasteiger partial charge >= 0.3 is 0 Å². The molecule has 0 aliphatic carbocycles. The summed E-state index contributed by atoms with van der Waals surface area (Å²) in [5.74, 6) is 0.103. The average Bonchev–Trinajstić information content (AvgIpc) is 2.76. The Kier molecular flexibility index (Phi) is 2.30. The molecule has 3 aromatic rings. The van der Waals surface area contributed by atoms with Gasteiger partial charge in [-0.3, -0.25) is 0 Å². The first kappa shape index (κ1) is 10.2. The quantitative estimate of drug-likeness (QED) is 0.660. The van der Waals surface area contributed by atoms with Crippen molar-refractivity contribution < 1.29 is 5.11 Å². The molecule has 2 nitrogen and oxygen atoms in total. The molecule has 0 saturated heterocycles. The van der Waals surface area contributed by atoms with Gasteiger partial charge in [0, 0.05) is 16.6 Å². The van der Waals surface area contributed by atoms with E-state index in [4.69, 9.17) is 11.6 Å². The topological polar surface area (TPSA) is 36.0 Å². The number of benzene rings is 2. The average molecular weight is 244 g/mol. The van der Waals surface area contributed by atoms with E-state index in [1.807, 2.05) is 24.3 Å². The van der Waals surface area contributed by atoms with Gasteiger partial charge in [-0.1, -0.05) is 29.8 Å². The highest BCUT2D eigenvalue weighted by Crippen LogP contribution is 2.30. The van der Waals surface area contributed by atoms with Gasteiger partial charge in [0.2, 0.25) is 0 Å². The van der Waals surface area contributed by atoms with Crippen molar-refractivity contribution in [2.75, 3.05) is 0 Å². The fraction of sp³-hybridized carbons (Fsp3) is 0. The zero-order valence-electron chi connectivity index (χ0n) is 8.94. The minimum Gasteiger partial charge on any atom is -0.506 e. The molecule has 3 rings (SSSR count). The second kappa shape index (κ2) is 3.82. The first-order valence-electron chi connectivity index (χ1n) is 5.31. The molecule has 0 spiro atoms. The van der Waals surface area contributed by atoms with Crippen LogP contribution in [-0.2, 0) is 0 Å². The number of rotatable bonds is 1. The van der Waals surface area contributed by atoms with Crippen molar-refractivity contribution >= 4 is 22.5 Å². The second-order valence-corrected chi connectivity index (χ2v) is 4.34. The third kappa shape index (κ3) is 1.77. The number of aromatic nitrogens is 1. The molecule has 0 aliphatic heterocycles. The van der Waals surface area contributed by atoms with E-state index in [0.29, 0.717) is 5.02 Å². The van der Waals surface area contributed by atoms with Gasteiger partial charge in [-0.2, -0.15) is 0 Å². The van der Waals surface area contributed by atoms with Crippen LogP contribution in [0.2, 0.25) is 5.02 Å². The Labute approximate surface area is 103 Å². The molecule has 0 unspecified atom stereocenters. The molecule has 3 heteroatoms. The van der Waals surface area contributed by atoms with Crippen LogP contribution in [0, 0.1) is 0 Å². The van der Waals surface area contributed by atoms with Crippen molar-refractivity contribution in [2.24, 2.45) is 0 Å². The molecule has 0 radical (unpaired) electrons. The lowest BCUT2D eigenvalue weighted by molar-refractivity contribution is 0.475. The summed E-state index contributed by atoms with van der Waals surface area (Å²) in [6.45, 7) is 0. The lowest BCUT2D eigenvalue weighted by Crippen LogP contribution is -1.77. The van der Waals surface area contributed by atoms with E-state index in [1.54, 1.807) is 12.1 Å². The lowest BCUT2D eigenvalue weighted by atomic mass is 10.1. The van der Waals surface area contributed by atoms with Crippen molar-refractivity contribution in [1.82, 2.24) is 4.98 Å². The zero-order valence-corrected chi connectivity index (χ0v) is 9.70. The van der Waals surface area contributed by atoms with Gasteiger partial charge < -0.3 is 10.1 Å². The number of aromatic hydroxyl groups is 1. The first-order chi connectivity index (χ1) is 8.24. The van der Waals surface area contributed by atoms with E-state index in [2.05, 4.69) is 17.1 Å². The van der Waals surface area contributed by atoms with Crippen molar-refractivity contribution in [1.29, 1.82) is 0 Å². The third-order valence-corrected chi connectivity index (χ3v) is 3.09. The molecule has 0 aliphatic rings. The number of hydrogen-bond acceptors (Lipinski definition) is 1. The first-order valence-corrected chi connectivity index (χ1v) is 5.68.